The summed E-state index contributed by atoms with van der Waals surface area (Å²) in [5.41, 5.74) is 4.86. The second kappa shape index (κ2) is 9.91. The van der Waals surface area contributed by atoms with Gasteiger partial charge in [0.05, 0.1) is 24.2 Å². The molecule has 1 N–H and O–H groups in total. The van der Waals surface area contributed by atoms with Crippen molar-refractivity contribution >= 4 is 17.7 Å². The topological polar surface area (TPSA) is 86.9 Å². The van der Waals surface area contributed by atoms with Crippen molar-refractivity contribution < 1.29 is 9.53 Å². The lowest BCUT2D eigenvalue weighted by Crippen LogP contribution is -2.25. The number of ether oxygens (including phenoxy) is 1. The molecule has 0 bridgehead atoms. The number of aromatic nitrogens is 5. The second-order valence-corrected chi connectivity index (χ2v) is 8.47. The summed E-state index contributed by atoms with van der Waals surface area (Å²) in [6.45, 7) is 6.29. The van der Waals surface area contributed by atoms with Crippen LogP contribution in [0.25, 0.3) is 11.4 Å². The average molecular weight is 463 g/mol. The number of rotatable bonds is 8. The normalized spacial score (nSPS) is 10.9. The van der Waals surface area contributed by atoms with Crippen molar-refractivity contribution in [2.75, 3.05) is 12.9 Å². The fraction of sp³-hybridized carbons (Fsp3) is 0.250. The number of aryl methyl sites for hydroxylation is 2. The molecular weight excluding hydrogens is 436 g/mol. The molecule has 4 aromatic rings. The molecule has 2 heterocycles. The largest absolute Gasteiger partial charge is 0.497 e. The van der Waals surface area contributed by atoms with Crippen LogP contribution in [0, 0.1) is 20.8 Å². The molecule has 2 aromatic carbocycles. The van der Waals surface area contributed by atoms with Gasteiger partial charge in [0.25, 0.3) is 0 Å². The average Bonchev–Trinajstić information content (AvgIpc) is 3.35. The molecule has 0 radical (unpaired) electrons. The molecule has 9 heteroatoms. The number of para-hydroxylation sites is 1. The zero-order valence-electron chi connectivity index (χ0n) is 19.1. The highest BCUT2D eigenvalue weighted by Gasteiger charge is 2.16. The van der Waals surface area contributed by atoms with Gasteiger partial charge in [0.2, 0.25) is 5.91 Å². The molecule has 0 aliphatic carbocycles. The zero-order valence-corrected chi connectivity index (χ0v) is 19.9. The standard InChI is InChI=1S/C24H26N6O2S/c1-16-22(17(2)30(28-16)20-8-6-5-7-9-20)14-25-23(31)15-33-24-27-26-18(3)29(24)19-10-12-21(32-4)13-11-19/h5-13H,14-15H2,1-4H3,(H,25,31). The maximum Gasteiger partial charge on any atom is 0.230 e. The molecule has 1 amide bonds. The second-order valence-electron chi connectivity index (χ2n) is 7.53. The van der Waals surface area contributed by atoms with Gasteiger partial charge < -0.3 is 10.1 Å². The van der Waals surface area contributed by atoms with Crippen LogP contribution in [0.5, 0.6) is 5.75 Å². The van der Waals surface area contributed by atoms with Gasteiger partial charge in [0.15, 0.2) is 5.16 Å². The van der Waals surface area contributed by atoms with Gasteiger partial charge in [-0.05, 0) is 57.2 Å². The van der Waals surface area contributed by atoms with Gasteiger partial charge >= 0.3 is 0 Å². The third kappa shape index (κ3) is 4.93. The van der Waals surface area contributed by atoms with E-state index in [2.05, 4.69) is 20.6 Å². The van der Waals surface area contributed by atoms with Crippen LogP contribution in [0.1, 0.15) is 22.8 Å². The van der Waals surface area contributed by atoms with Crippen LogP contribution in [-0.4, -0.2) is 43.3 Å². The van der Waals surface area contributed by atoms with Gasteiger partial charge in [0, 0.05) is 23.5 Å². The molecule has 0 spiro atoms. The van der Waals surface area contributed by atoms with Crippen LogP contribution >= 0.6 is 11.8 Å². The number of nitrogens with zero attached hydrogens (tertiary/aromatic N) is 5. The van der Waals surface area contributed by atoms with Gasteiger partial charge in [-0.3, -0.25) is 9.36 Å². The predicted molar refractivity (Wildman–Crippen MR) is 128 cm³/mol. The van der Waals surface area contributed by atoms with Gasteiger partial charge in [-0.15, -0.1) is 10.2 Å². The van der Waals surface area contributed by atoms with Crippen LogP contribution in [0.3, 0.4) is 0 Å². The van der Waals surface area contributed by atoms with E-state index in [1.807, 2.05) is 84.6 Å². The van der Waals surface area contributed by atoms with E-state index in [0.29, 0.717) is 11.7 Å². The van der Waals surface area contributed by atoms with Gasteiger partial charge in [-0.1, -0.05) is 30.0 Å². The van der Waals surface area contributed by atoms with E-state index in [-0.39, 0.29) is 11.7 Å². The molecule has 33 heavy (non-hydrogen) atoms. The Morgan fingerprint density at radius 3 is 2.42 bits per heavy atom. The van der Waals surface area contributed by atoms with Crippen molar-refractivity contribution in [1.29, 1.82) is 0 Å². The SMILES string of the molecule is COc1ccc(-n2c(C)nnc2SCC(=O)NCc2c(C)nn(-c3ccccc3)c2C)cc1. The smallest absolute Gasteiger partial charge is 0.230 e. The lowest BCUT2D eigenvalue weighted by Gasteiger charge is -2.10. The Hall–Kier alpha value is -3.59. The Bertz CT molecular complexity index is 1250. The molecular formula is C24H26N6O2S. The highest BCUT2D eigenvalue weighted by Crippen LogP contribution is 2.23. The maximum atomic E-state index is 12.6. The molecule has 0 saturated heterocycles. The number of carbonyl (C=O) groups is 1. The van der Waals surface area contributed by atoms with Crippen LogP contribution in [0.15, 0.2) is 59.8 Å². The van der Waals surface area contributed by atoms with Gasteiger partial charge in [0.1, 0.15) is 11.6 Å². The molecule has 0 aliphatic rings. The van der Waals surface area contributed by atoms with Crippen LogP contribution in [0.4, 0.5) is 0 Å². The van der Waals surface area contributed by atoms with Crippen LogP contribution < -0.4 is 10.1 Å². The van der Waals surface area contributed by atoms with Crippen molar-refractivity contribution in [2.45, 2.75) is 32.5 Å². The minimum Gasteiger partial charge on any atom is -0.497 e. The number of thioether (sulfide) groups is 1. The first-order valence-electron chi connectivity index (χ1n) is 10.5. The Balaban J connectivity index is 1.40. The molecule has 170 valence electrons. The third-order valence-electron chi connectivity index (χ3n) is 5.36. The quantitative estimate of drug-likeness (QED) is 0.401. The first kappa shape index (κ1) is 22.6. The molecule has 0 fully saturated rings. The summed E-state index contributed by atoms with van der Waals surface area (Å²) in [5, 5.41) is 16.7. The van der Waals surface area contributed by atoms with Crippen molar-refractivity contribution in [3.63, 3.8) is 0 Å². The van der Waals surface area contributed by atoms with Crippen LogP contribution in [-0.2, 0) is 11.3 Å². The number of methoxy groups -OCH3 is 1. The molecule has 0 unspecified atom stereocenters. The Morgan fingerprint density at radius 2 is 1.73 bits per heavy atom. The summed E-state index contributed by atoms with van der Waals surface area (Å²) in [6, 6.07) is 17.6. The monoisotopic (exact) mass is 462 g/mol. The van der Waals surface area contributed by atoms with Crippen molar-refractivity contribution in [3.8, 4) is 17.1 Å². The van der Waals surface area contributed by atoms with E-state index < -0.39 is 0 Å². The summed E-state index contributed by atoms with van der Waals surface area (Å²) in [4.78, 5) is 12.6. The van der Waals surface area contributed by atoms with E-state index in [4.69, 9.17) is 4.74 Å². The lowest BCUT2D eigenvalue weighted by molar-refractivity contribution is -0.118. The summed E-state index contributed by atoms with van der Waals surface area (Å²) in [5.74, 6) is 1.69. The Morgan fingerprint density at radius 1 is 1.00 bits per heavy atom. The summed E-state index contributed by atoms with van der Waals surface area (Å²) in [6.07, 6.45) is 0. The molecule has 2 aromatic heterocycles. The number of benzene rings is 2. The number of nitrogens with one attached hydrogen (secondary N) is 1. The predicted octanol–water partition coefficient (Wildman–Crippen LogP) is 3.80. The summed E-state index contributed by atoms with van der Waals surface area (Å²) >= 11 is 1.35. The number of hydrogen-bond donors (Lipinski definition) is 1. The lowest BCUT2D eigenvalue weighted by atomic mass is 10.2. The molecule has 4 rings (SSSR count). The van der Waals surface area contributed by atoms with E-state index >= 15 is 0 Å². The fourth-order valence-electron chi connectivity index (χ4n) is 3.58. The van der Waals surface area contributed by atoms with E-state index in [1.54, 1.807) is 7.11 Å². The first-order chi connectivity index (χ1) is 16.0. The fourth-order valence-corrected chi connectivity index (χ4v) is 4.41. The summed E-state index contributed by atoms with van der Waals surface area (Å²) < 4.78 is 9.06. The third-order valence-corrected chi connectivity index (χ3v) is 6.29. The van der Waals surface area contributed by atoms with Gasteiger partial charge in [-0.2, -0.15) is 5.10 Å². The van der Waals surface area contributed by atoms with E-state index in [0.717, 1.165) is 39.9 Å². The van der Waals surface area contributed by atoms with E-state index in [1.165, 1.54) is 11.8 Å². The van der Waals surface area contributed by atoms with E-state index in [9.17, 15) is 4.79 Å². The maximum absolute atomic E-state index is 12.6. The molecule has 8 nitrogen and oxygen atoms in total. The highest BCUT2D eigenvalue weighted by atomic mass is 32.2. The number of hydrogen-bond acceptors (Lipinski definition) is 6. The zero-order chi connectivity index (χ0) is 23.4. The van der Waals surface area contributed by atoms with Gasteiger partial charge in [-0.25, -0.2) is 4.68 Å². The Kier molecular flexibility index (Phi) is 6.79. The molecule has 0 aliphatic heterocycles. The van der Waals surface area contributed by atoms with Crippen LogP contribution in [0.2, 0.25) is 0 Å². The first-order valence-corrected chi connectivity index (χ1v) is 11.5. The van der Waals surface area contributed by atoms with Crippen molar-refractivity contribution in [1.82, 2.24) is 29.9 Å². The molecule has 0 saturated carbocycles. The van der Waals surface area contributed by atoms with Crippen molar-refractivity contribution in [3.05, 3.63) is 77.4 Å². The van der Waals surface area contributed by atoms with Crippen molar-refractivity contribution in [2.24, 2.45) is 0 Å². The number of carbonyl (C=O) groups excluding carboxylic acids is 1. The minimum atomic E-state index is -0.0757. The Labute approximate surface area is 197 Å². The summed E-state index contributed by atoms with van der Waals surface area (Å²) in [7, 11) is 1.63. The number of amides is 1. The minimum absolute atomic E-state index is 0.0757. The molecule has 0 atom stereocenters. The highest BCUT2D eigenvalue weighted by molar-refractivity contribution is 7.99.